The van der Waals surface area contributed by atoms with Crippen LogP contribution in [0, 0.1) is 49.9 Å². The smallest absolute Gasteiger partial charge is 0.338 e. The van der Waals surface area contributed by atoms with E-state index in [2.05, 4.69) is 37.6 Å². The molecule has 5 aliphatic rings. The topological polar surface area (TPSA) is 63.6 Å². The summed E-state index contributed by atoms with van der Waals surface area (Å²) in [6.07, 6.45) is 20.8. The van der Waals surface area contributed by atoms with E-state index in [1.165, 1.54) is 0 Å². The van der Waals surface area contributed by atoms with Crippen molar-refractivity contribution in [3.63, 3.8) is 0 Å². The molecule has 0 saturated carbocycles. The quantitative estimate of drug-likeness (QED) is 0.168. The van der Waals surface area contributed by atoms with E-state index in [-0.39, 0.29) is 23.0 Å². The minimum absolute atomic E-state index is 0.0524. The van der Waals surface area contributed by atoms with Crippen LogP contribution in [0.15, 0.2) is 96.4 Å². The molecule has 1 heterocycles. The second kappa shape index (κ2) is 11.3. The second-order valence-corrected chi connectivity index (χ2v) is 11.4. The normalized spacial score (nSPS) is 23.7. The van der Waals surface area contributed by atoms with Gasteiger partial charge >= 0.3 is 5.97 Å². The van der Waals surface area contributed by atoms with Crippen molar-refractivity contribution in [2.75, 3.05) is 0 Å². The van der Waals surface area contributed by atoms with E-state index in [4.69, 9.17) is 11.2 Å². The van der Waals surface area contributed by atoms with E-state index in [9.17, 15) is 14.7 Å². The fraction of sp³-hybridized carbons (Fsp3) is 0.297. The van der Waals surface area contributed by atoms with E-state index in [0.29, 0.717) is 11.5 Å². The molecule has 0 amide bonds. The van der Waals surface area contributed by atoms with E-state index >= 15 is 0 Å². The molecule has 5 rings (SSSR count). The summed E-state index contributed by atoms with van der Waals surface area (Å²) >= 11 is 0. The van der Waals surface area contributed by atoms with Crippen LogP contribution in [0.3, 0.4) is 0 Å². The van der Waals surface area contributed by atoms with Gasteiger partial charge < -0.3 is 9.84 Å². The van der Waals surface area contributed by atoms with Gasteiger partial charge in [-0.05, 0) is 84.7 Å². The van der Waals surface area contributed by atoms with Crippen LogP contribution in [0.4, 0.5) is 0 Å². The summed E-state index contributed by atoms with van der Waals surface area (Å²) in [5.41, 5.74) is 6.25. The number of aliphatic hydroxyl groups is 1. The van der Waals surface area contributed by atoms with Crippen LogP contribution in [-0.4, -0.2) is 23.0 Å². The van der Waals surface area contributed by atoms with Gasteiger partial charge in [0.15, 0.2) is 5.78 Å². The molecule has 0 radical (unpaired) electrons. The first kappa shape index (κ1) is 28.2. The molecule has 4 nitrogen and oxygen atoms in total. The highest BCUT2D eigenvalue weighted by atomic mass is 16.5. The van der Waals surface area contributed by atoms with Gasteiger partial charge in [-0.2, -0.15) is 0 Å². The lowest BCUT2D eigenvalue weighted by molar-refractivity contribution is -0.146. The average molecular weight is 545 g/mol. The molecule has 6 unspecified atom stereocenters. The summed E-state index contributed by atoms with van der Waals surface area (Å²) < 4.78 is 5.79. The number of fused-ring (bicyclic) bond motifs is 2. The second-order valence-electron chi connectivity index (χ2n) is 11.4. The van der Waals surface area contributed by atoms with Crippen LogP contribution in [0.25, 0.3) is 11.1 Å². The first-order valence-corrected chi connectivity index (χ1v) is 14.2. The van der Waals surface area contributed by atoms with Gasteiger partial charge in [-0.1, -0.05) is 67.5 Å². The van der Waals surface area contributed by atoms with Gasteiger partial charge in [0.05, 0.1) is 17.4 Å². The lowest BCUT2D eigenvalue weighted by Crippen LogP contribution is -2.39. The number of rotatable bonds is 7. The molecule has 0 saturated heterocycles. The van der Waals surface area contributed by atoms with E-state index < -0.39 is 29.8 Å². The van der Waals surface area contributed by atoms with Gasteiger partial charge in [0, 0.05) is 17.4 Å². The lowest BCUT2D eigenvalue weighted by Gasteiger charge is -2.35. The van der Waals surface area contributed by atoms with Crippen molar-refractivity contribution in [3.8, 4) is 23.5 Å². The zero-order chi connectivity index (χ0) is 29.4. The molecule has 0 aromatic rings. The summed E-state index contributed by atoms with van der Waals surface area (Å²) in [6.45, 7) is 12.1. The van der Waals surface area contributed by atoms with Gasteiger partial charge in [0.2, 0.25) is 0 Å². The van der Waals surface area contributed by atoms with Crippen molar-refractivity contribution in [3.05, 3.63) is 119 Å². The molecule has 0 aromatic carbocycles. The van der Waals surface area contributed by atoms with Gasteiger partial charge in [0.25, 0.3) is 0 Å². The molecule has 0 aromatic heterocycles. The maximum Gasteiger partial charge on any atom is 0.338 e. The van der Waals surface area contributed by atoms with Crippen molar-refractivity contribution in [1.29, 1.82) is 0 Å². The number of terminal acetylenes is 1. The van der Waals surface area contributed by atoms with Gasteiger partial charge in [-0.3, -0.25) is 4.79 Å². The monoisotopic (exact) mass is 544 g/mol. The fourth-order valence-corrected chi connectivity index (χ4v) is 6.20. The molecule has 0 fully saturated rings. The third kappa shape index (κ3) is 5.02. The number of ether oxygens (including phenoxy) is 1. The first-order chi connectivity index (χ1) is 19.7. The summed E-state index contributed by atoms with van der Waals surface area (Å²) in [5.74, 6) is 0.166. The maximum atomic E-state index is 14.6. The average Bonchev–Trinajstić information content (AvgIpc) is 3.19. The van der Waals surface area contributed by atoms with E-state index in [1.807, 2.05) is 57.2 Å². The highest BCUT2D eigenvalue weighted by Gasteiger charge is 2.44. The Morgan fingerprint density at radius 1 is 1.17 bits per heavy atom. The number of esters is 1. The number of aliphatic hydroxyl groups excluding tert-OH is 1. The Morgan fingerprint density at radius 2 is 1.93 bits per heavy atom. The summed E-state index contributed by atoms with van der Waals surface area (Å²) in [4.78, 5) is 28.1. The summed E-state index contributed by atoms with van der Waals surface area (Å²) in [5, 5.41) is 11.5. The Morgan fingerprint density at radius 3 is 2.61 bits per heavy atom. The summed E-state index contributed by atoms with van der Waals surface area (Å²) in [6, 6.07) is 8.02. The molecular weight excluding hydrogens is 508 g/mol. The van der Waals surface area contributed by atoms with Crippen molar-refractivity contribution in [1.82, 2.24) is 0 Å². The number of Topliss-reactive ketones (excluding diaryl/α,β-unsaturated/α-hetero) is 1. The number of carbonyl (C=O) groups excluding carboxylic acids is 2. The molecule has 0 bridgehead atoms. The molecule has 4 aliphatic carbocycles. The Hall–Kier alpha value is -4.36. The van der Waals surface area contributed by atoms with Crippen molar-refractivity contribution >= 4 is 11.8 Å². The Labute approximate surface area is 242 Å². The van der Waals surface area contributed by atoms with Crippen LogP contribution in [0.1, 0.15) is 53.2 Å². The highest BCUT2D eigenvalue weighted by Crippen LogP contribution is 2.44. The fourth-order valence-electron chi connectivity index (χ4n) is 6.20. The van der Waals surface area contributed by atoms with Crippen molar-refractivity contribution in [2.24, 2.45) is 23.7 Å². The largest absolute Gasteiger partial charge is 0.511 e. The number of hydrogen-bond donors (Lipinski definition) is 1. The Balaban J connectivity index is 1.66. The standard InChI is InChI=1S/C37H36O4/c1-7-22(4)26-18-15-23(5)32-29(20-26)24(6)19-30(32)35(38)27(8-2)33(25-16-13-21(3)14-17-25)34-36(39)28-11-9-10-12-31(28)41-37(34)40/h1,8-13,15-22,27-28,31,33,39H,2,14H2,3-6H3. The number of carbonyl (C=O) groups is 2. The third-order valence-corrected chi connectivity index (χ3v) is 8.64. The number of hydrogen-bond acceptors (Lipinski definition) is 4. The van der Waals surface area contributed by atoms with Crippen molar-refractivity contribution < 1.29 is 19.4 Å². The molecular formula is C37H36O4. The molecule has 1 N–H and O–H groups in total. The Bertz CT molecular complexity index is 1590. The van der Waals surface area contributed by atoms with Crippen LogP contribution >= 0.6 is 0 Å². The minimum atomic E-state index is -0.817. The summed E-state index contributed by atoms with van der Waals surface area (Å²) in [7, 11) is 0. The molecule has 1 aliphatic heterocycles. The van der Waals surface area contributed by atoms with Gasteiger partial charge in [0.1, 0.15) is 11.9 Å². The third-order valence-electron chi connectivity index (χ3n) is 8.64. The van der Waals surface area contributed by atoms with Crippen LogP contribution in [0.5, 0.6) is 0 Å². The van der Waals surface area contributed by atoms with Crippen LogP contribution < -0.4 is 0 Å². The first-order valence-electron chi connectivity index (χ1n) is 14.2. The predicted molar refractivity (Wildman–Crippen MR) is 164 cm³/mol. The van der Waals surface area contributed by atoms with E-state index in [0.717, 1.165) is 39.8 Å². The molecule has 208 valence electrons. The van der Waals surface area contributed by atoms with Gasteiger partial charge in [-0.25, -0.2) is 4.79 Å². The van der Waals surface area contributed by atoms with Crippen LogP contribution in [-0.2, 0) is 9.53 Å². The number of ketones is 1. The SMILES string of the molecule is C#CC(C)c1ccc(C)c2c(C(=O)C(C=C)C(C3=CCC(C)C=C3)C3=C(O)C4C=CC=CC4OC3=O)cc(C)c-2c1. The highest BCUT2D eigenvalue weighted by molar-refractivity contribution is 6.08. The van der Waals surface area contributed by atoms with Crippen molar-refractivity contribution in [2.45, 2.75) is 46.1 Å². The number of aryl methyl sites for hydroxylation is 2. The Kier molecular flexibility index (Phi) is 7.74. The maximum absolute atomic E-state index is 14.6. The minimum Gasteiger partial charge on any atom is -0.511 e. The van der Waals surface area contributed by atoms with E-state index in [1.54, 1.807) is 18.2 Å². The predicted octanol–water partition coefficient (Wildman–Crippen LogP) is 7.75. The van der Waals surface area contributed by atoms with Crippen LogP contribution in [0.2, 0.25) is 0 Å². The zero-order valence-corrected chi connectivity index (χ0v) is 24.1. The molecule has 6 atom stereocenters. The lowest BCUT2D eigenvalue weighted by atomic mass is 9.72. The molecule has 0 spiro atoms. The number of allylic oxidation sites excluding steroid dienone is 7. The molecule has 4 heteroatoms. The zero-order valence-electron chi connectivity index (χ0n) is 24.1. The molecule has 41 heavy (non-hydrogen) atoms. The van der Waals surface area contributed by atoms with Gasteiger partial charge in [-0.15, -0.1) is 13.0 Å².